The Morgan fingerprint density at radius 3 is 2.54 bits per heavy atom. The van der Waals surface area contributed by atoms with Crippen molar-refractivity contribution in [3.8, 4) is 11.5 Å². The van der Waals surface area contributed by atoms with Gasteiger partial charge in [-0.1, -0.05) is 36.2 Å². The van der Waals surface area contributed by atoms with Gasteiger partial charge in [0.15, 0.2) is 11.5 Å². The number of ether oxygens (including phenoxy) is 2. The molecule has 0 spiro atoms. The SMILES string of the molecule is CCOc1cc(CN[C@@H](C)CC)cc(Br)c1OCc1ccc(Cl)cc1Cl. The van der Waals surface area contributed by atoms with Gasteiger partial charge in [0.25, 0.3) is 0 Å². The Balaban J connectivity index is 2.18. The van der Waals surface area contributed by atoms with Crippen molar-refractivity contribution in [1.82, 2.24) is 5.32 Å². The first-order valence-corrected chi connectivity index (χ1v) is 10.2. The van der Waals surface area contributed by atoms with E-state index in [1.807, 2.05) is 19.1 Å². The minimum atomic E-state index is 0.332. The molecule has 2 aromatic carbocycles. The van der Waals surface area contributed by atoms with Crippen molar-refractivity contribution < 1.29 is 9.47 Å². The second-order valence-electron chi connectivity index (χ2n) is 6.05. The minimum Gasteiger partial charge on any atom is -0.490 e. The second kappa shape index (κ2) is 10.4. The number of halogens is 3. The average molecular weight is 461 g/mol. The summed E-state index contributed by atoms with van der Waals surface area (Å²) in [4.78, 5) is 0. The zero-order valence-electron chi connectivity index (χ0n) is 15.2. The largest absolute Gasteiger partial charge is 0.490 e. The highest BCUT2D eigenvalue weighted by molar-refractivity contribution is 9.10. The third kappa shape index (κ3) is 6.05. The molecule has 0 saturated heterocycles. The fourth-order valence-electron chi connectivity index (χ4n) is 2.35. The van der Waals surface area contributed by atoms with Gasteiger partial charge in [0.2, 0.25) is 0 Å². The van der Waals surface area contributed by atoms with Crippen molar-refractivity contribution in [2.24, 2.45) is 0 Å². The van der Waals surface area contributed by atoms with Crippen molar-refractivity contribution in [2.75, 3.05) is 6.61 Å². The molecule has 2 rings (SSSR count). The van der Waals surface area contributed by atoms with Crippen molar-refractivity contribution in [2.45, 2.75) is 46.4 Å². The van der Waals surface area contributed by atoms with E-state index in [0.29, 0.717) is 40.8 Å². The van der Waals surface area contributed by atoms with Crippen molar-refractivity contribution in [3.63, 3.8) is 0 Å². The van der Waals surface area contributed by atoms with Crippen LogP contribution in [0.5, 0.6) is 11.5 Å². The van der Waals surface area contributed by atoms with Crippen molar-refractivity contribution in [1.29, 1.82) is 0 Å². The van der Waals surface area contributed by atoms with Crippen molar-refractivity contribution >= 4 is 39.1 Å². The van der Waals surface area contributed by atoms with Crippen LogP contribution in [0.15, 0.2) is 34.8 Å². The summed E-state index contributed by atoms with van der Waals surface area (Å²) < 4.78 is 12.7. The Bertz CT molecular complexity index is 740. The smallest absolute Gasteiger partial charge is 0.175 e. The molecule has 0 aliphatic carbocycles. The number of hydrogen-bond acceptors (Lipinski definition) is 3. The van der Waals surface area contributed by atoms with Crippen LogP contribution < -0.4 is 14.8 Å². The molecule has 26 heavy (non-hydrogen) atoms. The summed E-state index contributed by atoms with van der Waals surface area (Å²) >= 11 is 15.8. The van der Waals surface area contributed by atoms with Crippen molar-refractivity contribution in [3.05, 3.63) is 56.0 Å². The molecule has 1 N–H and O–H groups in total. The number of nitrogens with one attached hydrogen (secondary N) is 1. The predicted molar refractivity (Wildman–Crippen MR) is 113 cm³/mol. The molecule has 0 radical (unpaired) electrons. The lowest BCUT2D eigenvalue weighted by Gasteiger charge is -2.17. The molecule has 0 fully saturated rings. The van der Waals surface area contributed by atoms with Gasteiger partial charge in [-0.2, -0.15) is 0 Å². The monoisotopic (exact) mass is 459 g/mol. The van der Waals surface area contributed by atoms with E-state index in [2.05, 4.69) is 41.2 Å². The topological polar surface area (TPSA) is 30.5 Å². The van der Waals surface area contributed by atoms with Crippen LogP contribution in [0, 0.1) is 0 Å². The van der Waals surface area contributed by atoms with E-state index in [-0.39, 0.29) is 0 Å². The maximum atomic E-state index is 6.23. The number of benzene rings is 2. The van der Waals surface area contributed by atoms with Crippen LogP contribution in [-0.4, -0.2) is 12.6 Å². The van der Waals surface area contributed by atoms with Crippen LogP contribution in [0.25, 0.3) is 0 Å². The first kappa shape index (κ1) is 21.4. The van der Waals surface area contributed by atoms with E-state index in [1.165, 1.54) is 0 Å². The molecule has 0 amide bonds. The molecule has 0 unspecified atom stereocenters. The Morgan fingerprint density at radius 2 is 1.88 bits per heavy atom. The fourth-order valence-corrected chi connectivity index (χ4v) is 3.42. The number of rotatable bonds is 9. The molecular weight excluding hydrogens is 437 g/mol. The Morgan fingerprint density at radius 1 is 1.12 bits per heavy atom. The van der Waals surface area contributed by atoms with Gasteiger partial charge in [0.1, 0.15) is 6.61 Å². The third-order valence-electron chi connectivity index (χ3n) is 4.02. The van der Waals surface area contributed by atoms with Gasteiger partial charge in [0.05, 0.1) is 11.1 Å². The Hall–Kier alpha value is -0.940. The summed E-state index contributed by atoms with van der Waals surface area (Å²) in [5.41, 5.74) is 2.01. The Kier molecular flexibility index (Phi) is 8.55. The highest BCUT2D eigenvalue weighted by Gasteiger charge is 2.14. The molecule has 0 bridgehead atoms. The average Bonchev–Trinajstić information content (AvgIpc) is 2.60. The standard InChI is InChI=1S/C20H24BrCl2NO2/c1-4-13(3)24-11-14-8-17(21)20(19(9-14)25-5-2)26-12-15-6-7-16(22)10-18(15)23/h6-10,13,24H,4-5,11-12H2,1-3H3/t13-/m0/s1. The minimum absolute atomic E-state index is 0.332. The molecule has 0 saturated carbocycles. The summed E-state index contributed by atoms with van der Waals surface area (Å²) in [6.45, 7) is 7.96. The molecule has 2 aromatic rings. The van der Waals surface area contributed by atoms with Gasteiger partial charge in [0, 0.05) is 28.2 Å². The van der Waals surface area contributed by atoms with Gasteiger partial charge < -0.3 is 14.8 Å². The lowest BCUT2D eigenvalue weighted by Crippen LogP contribution is -2.24. The normalized spacial score (nSPS) is 12.1. The Labute approximate surface area is 174 Å². The van der Waals surface area contributed by atoms with Crippen LogP contribution in [-0.2, 0) is 13.2 Å². The molecular formula is C20H24BrCl2NO2. The second-order valence-corrected chi connectivity index (χ2v) is 7.75. The van der Waals surface area contributed by atoms with Gasteiger partial charge in [-0.15, -0.1) is 0 Å². The molecule has 0 aliphatic rings. The quantitative estimate of drug-likeness (QED) is 0.455. The maximum absolute atomic E-state index is 6.23. The number of hydrogen-bond donors (Lipinski definition) is 1. The van der Waals surface area contributed by atoms with Gasteiger partial charge >= 0.3 is 0 Å². The van der Waals surface area contributed by atoms with E-state index < -0.39 is 0 Å². The molecule has 0 aliphatic heterocycles. The molecule has 0 heterocycles. The zero-order valence-corrected chi connectivity index (χ0v) is 18.3. The molecule has 6 heteroatoms. The first-order valence-electron chi connectivity index (χ1n) is 8.69. The summed E-state index contributed by atoms with van der Waals surface area (Å²) in [5, 5.41) is 4.68. The van der Waals surface area contributed by atoms with Crippen LogP contribution >= 0.6 is 39.1 Å². The van der Waals surface area contributed by atoms with Crippen LogP contribution in [0.4, 0.5) is 0 Å². The fraction of sp³-hybridized carbons (Fsp3) is 0.400. The summed E-state index contributed by atoms with van der Waals surface area (Å²) in [5.74, 6) is 1.39. The molecule has 1 atom stereocenters. The van der Waals surface area contributed by atoms with Crippen LogP contribution in [0.3, 0.4) is 0 Å². The van der Waals surface area contributed by atoms with E-state index in [4.69, 9.17) is 32.7 Å². The van der Waals surface area contributed by atoms with Gasteiger partial charge in [-0.25, -0.2) is 0 Å². The third-order valence-corrected chi connectivity index (χ3v) is 5.20. The molecule has 142 valence electrons. The molecule has 3 nitrogen and oxygen atoms in total. The van der Waals surface area contributed by atoms with E-state index in [9.17, 15) is 0 Å². The molecule has 0 aromatic heterocycles. The van der Waals surface area contributed by atoms with Gasteiger partial charge in [-0.3, -0.25) is 0 Å². The van der Waals surface area contributed by atoms with Crippen LogP contribution in [0.1, 0.15) is 38.3 Å². The summed E-state index contributed by atoms with van der Waals surface area (Å²) in [6, 6.07) is 9.91. The highest BCUT2D eigenvalue weighted by Crippen LogP contribution is 2.38. The lowest BCUT2D eigenvalue weighted by atomic mass is 10.1. The predicted octanol–water partition coefficient (Wildman–Crippen LogP) is 6.62. The van der Waals surface area contributed by atoms with E-state index in [0.717, 1.165) is 28.6 Å². The van der Waals surface area contributed by atoms with E-state index in [1.54, 1.807) is 12.1 Å². The zero-order chi connectivity index (χ0) is 19.1. The first-order chi connectivity index (χ1) is 12.4. The van der Waals surface area contributed by atoms with Crippen LogP contribution in [0.2, 0.25) is 10.0 Å². The van der Waals surface area contributed by atoms with Gasteiger partial charge in [-0.05, 0) is 66.0 Å². The highest BCUT2D eigenvalue weighted by atomic mass is 79.9. The summed E-state index contributed by atoms with van der Waals surface area (Å²) in [7, 11) is 0. The lowest BCUT2D eigenvalue weighted by molar-refractivity contribution is 0.267. The maximum Gasteiger partial charge on any atom is 0.175 e. The summed E-state index contributed by atoms with van der Waals surface area (Å²) in [6.07, 6.45) is 1.09. The van der Waals surface area contributed by atoms with E-state index >= 15 is 0 Å².